The Hall–Kier alpha value is -2.21. The third-order valence-electron chi connectivity index (χ3n) is 5.30. The largest absolute Gasteiger partial charge is 0.488 e. The fourth-order valence-corrected chi connectivity index (χ4v) is 5.56. The summed E-state index contributed by atoms with van der Waals surface area (Å²) in [5.41, 5.74) is 1.13. The molecule has 3 aliphatic rings. The van der Waals surface area contributed by atoms with Gasteiger partial charge < -0.3 is 14.4 Å². The van der Waals surface area contributed by atoms with E-state index < -0.39 is 0 Å². The van der Waals surface area contributed by atoms with Crippen molar-refractivity contribution < 1.29 is 14.3 Å². The van der Waals surface area contributed by atoms with Crippen molar-refractivity contribution in [2.75, 3.05) is 18.8 Å². The van der Waals surface area contributed by atoms with Crippen molar-refractivity contribution in [1.29, 1.82) is 0 Å². The minimum absolute atomic E-state index is 0.115. The highest BCUT2D eigenvalue weighted by molar-refractivity contribution is 8.01. The van der Waals surface area contributed by atoms with Gasteiger partial charge in [-0.2, -0.15) is 0 Å². The summed E-state index contributed by atoms with van der Waals surface area (Å²) in [6.07, 6.45) is 4.98. The number of pyridine rings is 1. The number of fused-ring (bicyclic) bond motifs is 1. The zero-order valence-corrected chi connectivity index (χ0v) is 15.2. The van der Waals surface area contributed by atoms with Crippen molar-refractivity contribution in [2.24, 2.45) is 0 Å². The number of para-hydroxylation sites is 1. The van der Waals surface area contributed by atoms with Gasteiger partial charge in [0.2, 0.25) is 0 Å². The molecule has 3 aliphatic heterocycles. The predicted molar refractivity (Wildman–Crippen MR) is 99.6 cm³/mol. The quantitative estimate of drug-likeness (QED) is 0.833. The number of likely N-dealkylation sites (tertiary alicyclic amines) is 1. The molecule has 1 aromatic heterocycles. The van der Waals surface area contributed by atoms with E-state index in [9.17, 15) is 4.79 Å². The molecule has 134 valence electrons. The highest BCUT2D eigenvalue weighted by Gasteiger charge is 2.52. The van der Waals surface area contributed by atoms with E-state index >= 15 is 0 Å². The van der Waals surface area contributed by atoms with Crippen LogP contribution in [0.5, 0.6) is 11.5 Å². The summed E-state index contributed by atoms with van der Waals surface area (Å²) >= 11 is 1.93. The van der Waals surface area contributed by atoms with E-state index in [4.69, 9.17) is 9.47 Å². The molecule has 2 aromatic rings. The van der Waals surface area contributed by atoms with Gasteiger partial charge in [-0.25, -0.2) is 0 Å². The minimum Gasteiger partial charge on any atom is -0.488 e. The van der Waals surface area contributed by atoms with Crippen molar-refractivity contribution in [3.63, 3.8) is 0 Å². The van der Waals surface area contributed by atoms with Crippen molar-refractivity contribution in [1.82, 2.24) is 9.88 Å². The molecule has 26 heavy (non-hydrogen) atoms. The van der Waals surface area contributed by atoms with E-state index in [-0.39, 0.29) is 22.9 Å². The van der Waals surface area contributed by atoms with Gasteiger partial charge in [-0.3, -0.25) is 9.78 Å². The fraction of sp³-hybridized carbons (Fsp3) is 0.400. The summed E-state index contributed by atoms with van der Waals surface area (Å²) in [6.45, 7) is 1.58. The first-order chi connectivity index (χ1) is 12.7. The second-order valence-corrected chi connectivity index (χ2v) is 8.73. The molecule has 0 bridgehead atoms. The molecule has 0 saturated carbocycles. The van der Waals surface area contributed by atoms with E-state index in [0.29, 0.717) is 6.42 Å². The Morgan fingerprint density at radius 2 is 2.15 bits per heavy atom. The van der Waals surface area contributed by atoms with E-state index in [1.54, 1.807) is 12.4 Å². The third-order valence-corrected chi connectivity index (χ3v) is 6.88. The van der Waals surface area contributed by atoms with Crippen LogP contribution in [0.1, 0.15) is 12.0 Å². The Morgan fingerprint density at radius 1 is 1.27 bits per heavy atom. The predicted octanol–water partition coefficient (Wildman–Crippen LogP) is 2.55. The van der Waals surface area contributed by atoms with Gasteiger partial charge in [0.05, 0.1) is 10.9 Å². The van der Waals surface area contributed by atoms with Gasteiger partial charge in [0.25, 0.3) is 5.91 Å². The Balaban J connectivity index is 1.16. The summed E-state index contributed by atoms with van der Waals surface area (Å²) in [6, 6.07) is 11.7. The van der Waals surface area contributed by atoms with Crippen molar-refractivity contribution >= 4 is 17.7 Å². The molecule has 2 fully saturated rings. The molecule has 4 heterocycles. The number of hydrogen-bond donors (Lipinski definition) is 0. The van der Waals surface area contributed by atoms with Crippen LogP contribution in [-0.2, 0) is 11.2 Å². The number of nitrogens with zero attached hydrogens (tertiary/aromatic N) is 2. The summed E-state index contributed by atoms with van der Waals surface area (Å²) in [7, 11) is 0. The van der Waals surface area contributed by atoms with Gasteiger partial charge in [0.15, 0.2) is 6.10 Å². The number of thioether (sulfide) groups is 1. The number of carbonyl (C=O) groups excluding carboxylic acids is 1. The standard InChI is InChI=1S/C20H20N2O3S/c23-19(18-8-14-4-1-2-6-17(14)25-18)22-12-20(13-22)9-16(11-26-20)24-15-5-3-7-21-10-15/h1-7,10,16,18H,8-9,11-13H2. The van der Waals surface area contributed by atoms with Crippen LogP contribution in [0.2, 0.25) is 0 Å². The maximum atomic E-state index is 12.8. The van der Waals surface area contributed by atoms with Gasteiger partial charge in [0, 0.05) is 37.9 Å². The van der Waals surface area contributed by atoms with Crippen LogP contribution in [0.25, 0.3) is 0 Å². The Morgan fingerprint density at radius 3 is 2.96 bits per heavy atom. The first-order valence-corrected chi connectivity index (χ1v) is 9.93. The van der Waals surface area contributed by atoms with Crippen LogP contribution in [0.3, 0.4) is 0 Å². The molecule has 2 saturated heterocycles. The molecule has 5 rings (SSSR count). The van der Waals surface area contributed by atoms with Crippen molar-refractivity contribution in [2.45, 2.75) is 29.8 Å². The summed E-state index contributed by atoms with van der Waals surface area (Å²) in [5.74, 6) is 2.74. The van der Waals surface area contributed by atoms with Crippen LogP contribution in [0.4, 0.5) is 0 Å². The Bertz CT molecular complexity index is 798. The van der Waals surface area contributed by atoms with Crippen molar-refractivity contribution in [3.05, 3.63) is 54.4 Å². The fourth-order valence-electron chi connectivity index (χ4n) is 4.04. The number of aromatic nitrogens is 1. The maximum Gasteiger partial charge on any atom is 0.264 e. The average Bonchev–Trinajstić information content (AvgIpc) is 3.25. The molecule has 5 nitrogen and oxygen atoms in total. The number of ether oxygens (including phenoxy) is 2. The number of amides is 1. The number of carbonyl (C=O) groups is 1. The topological polar surface area (TPSA) is 51.7 Å². The normalized spacial score (nSPS) is 25.5. The lowest BCUT2D eigenvalue weighted by Crippen LogP contribution is -2.63. The lowest BCUT2D eigenvalue weighted by Gasteiger charge is -2.48. The van der Waals surface area contributed by atoms with Crippen LogP contribution < -0.4 is 9.47 Å². The molecule has 0 aliphatic carbocycles. The molecule has 1 aromatic carbocycles. The Kier molecular flexibility index (Phi) is 3.81. The lowest BCUT2D eigenvalue weighted by atomic mass is 9.92. The summed E-state index contributed by atoms with van der Waals surface area (Å²) in [5, 5.41) is 0. The van der Waals surface area contributed by atoms with E-state index in [1.165, 1.54) is 0 Å². The molecule has 6 heteroatoms. The first-order valence-electron chi connectivity index (χ1n) is 8.95. The lowest BCUT2D eigenvalue weighted by molar-refractivity contribution is -0.143. The monoisotopic (exact) mass is 368 g/mol. The third kappa shape index (κ3) is 2.82. The Labute approximate surface area is 156 Å². The molecule has 0 radical (unpaired) electrons. The van der Waals surface area contributed by atoms with Gasteiger partial charge >= 0.3 is 0 Å². The number of rotatable bonds is 3. The van der Waals surface area contributed by atoms with Gasteiger partial charge in [-0.1, -0.05) is 18.2 Å². The zero-order chi connectivity index (χ0) is 17.6. The second-order valence-electron chi connectivity index (χ2n) is 7.24. The second kappa shape index (κ2) is 6.20. The van der Waals surface area contributed by atoms with E-state index in [0.717, 1.165) is 42.3 Å². The van der Waals surface area contributed by atoms with Crippen LogP contribution in [-0.4, -0.2) is 51.6 Å². The molecule has 1 spiro atoms. The molecule has 2 unspecified atom stereocenters. The first kappa shape index (κ1) is 16.0. The van der Waals surface area contributed by atoms with E-state index in [1.807, 2.05) is 53.1 Å². The van der Waals surface area contributed by atoms with Crippen LogP contribution in [0, 0.1) is 0 Å². The molecule has 1 amide bonds. The number of hydrogen-bond acceptors (Lipinski definition) is 5. The summed E-state index contributed by atoms with van der Waals surface area (Å²) < 4.78 is 12.0. The SMILES string of the molecule is O=C(C1Cc2ccccc2O1)N1CC2(CC(Oc3cccnc3)CS2)C1. The highest BCUT2D eigenvalue weighted by Crippen LogP contribution is 2.46. The smallest absolute Gasteiger partial charge is 0.264 e. The minimum atomic E-state index is -0.362. The maximum absolute atomic E-state index is 12.8. The highest BCUT2D eigenvalue weighted by atomic mass is 32.2. The van der Waals surface area contributed by atoms with Crippen LogP contribution in [0.15, 0.2) is 48.8 Å². The number of benzene rings is 1. The molecular formula is C20H20N2O3S. The average molecular weight is 368 g/mol. The molecule has 2 atom stereocenters. The molecular weight excluding hydrogens is 348 g/mol. The van der Waals surface area contributed by atoms with Gasteiger partial charge in [0.1, 0.15) is 17.6 Å². The zero-order valence-electron chi connectivity index (χ0n) is 14.3. The van der Waals surface area contributed by atoms with E-state index in [2.05, 4.69) is 4.98 Å². The van der Waals surface area contributed by atoms with Crippen LogP contribution >= 0.6 is 11.8 Å². The van der Waals surface area contributed by atoms with Gasteiger partial charge in [-0.05, 0) is 23.8 Å². The molecule has 0 N–H and O–H groups in total. The summed E-state index contributed by atoms with van der Waals surface area (Å²) in [4.78, 5) is 18.8. The van der Waals surface area contributed by atoms with Gasteiger partial charge in [-0.15, -0.1) is 11.8 Å². The van der Waals surface area contributed by atoms with Crippen molar-refractivity contribution in [3.8, 4) is 11.5 Å².